The van der Waals surface area contributed by atoms with E-state index in [2.05, 4.69) is 15.0 Å². The molecule has 2 aromatic heterocycles. The summed E-state index contributed by atoms with van der Waals surface area (Å²) in [5.41, 5.74) is 1.29. The highest BCUT2D eigenvalue weighted by Gasteiger charge is 2.28. The van der Waals surface area contributed by atoms with Crippen molar-refractivity contribution in [2.75, 3.05) is 6.61 Å². The Balaban J connectivity index is 1.62. The number of aromatic nitrogens is 2. The fourth-order valence-electron chi connectivity index (χ4n) is 2.64. The third kappa shape index (κ3) is 6.58. The Morgan fingerprint density at radius 2 is 1.90 bits per heavy atom. The van der Waals surface area contributed by atoms with E-state index in [1.807, 2.05) is 0 Å². The second-order valence-corrected chi connectivity index (χ2v) is 6.97. The molecule has 162 valence electrons. The Morgan fingerprint density at radius 3 is 2.58 bits per heavy atom. The molecule has 0 aliphatic rings. The Hall–Kier alpha value is -3.33. The number of ether oxygens (including phenoxy) is 1. The molecule has 1 aromatic carbocycles. The summed E-state index contributed by atoms with van der Waals surface area (Å²) >= 11 is 6.13. The fraction of sp³-hybridized carbons (Fsp3) is 0.190. The predicted octanol–water partition coefficient (Wildman–Crippen LogP) is 3.82. The molecular weight excluding hydrogens is 435 g/mol. The van der Waals surface area contributed by atoms with Crippen LogP contribution in [0.5, 0.6) is 5.88 Å². The number of carbonyl (C=O) groups excluding carboxylic acids is 1. The fourth-order valence-corrected chi connectivity index (χ4v) is 2.84. The second kappa shape index (κ2) is 9.65. The number of amides is 1. The van der Waals surface area contributed by atoms with E-state index >= 15 is 0 Å². The maximum atomic E-state index is 12.5. The highest BCUT2D eigenvalue weighted by molar-refractivity contribution is 6.31. The molecule has 0 aliphatic carbocycles. The number of rotatable bonds is 7. The number of benzene rings is 1. The van der Waals surface area contributed by atoms with Gasteiger partial charge in [-0.15, -0.1) is 0 Å². The van der Waals surface area contributed by atoms with Gasteiger partial charge in [-0.2, -0.15) is 13.2 Å². The summed E-state index contributed by atoms with van der Waals surface area (Å²) in [7, 11) is 0. The molecule has 0 saturated carbocycles. The summed E-state index contributed by atoms with van der Waals surface area (Å²) in [5, 5.41) is 3.19. The van der Waals surface area contributed by atoms with Crippen molar-refractivity contribution in [3.8, 4) is 5.88 Å². The van der Waals surface area contributed by atoms with Crippen LogP contribution in [0, 0.1) is 0 Å². The van der Waals surface area contributed by atoms with Gasteiger partial charge in [0.2, 0.25) is 5.88 Å². The Labute approximate surface area is 180 Å². The van der Waals surface area contributed by atoms with Crippen LogP contribution in [0.25, 0.3) is 0 Å². The molecule has 3 rings (SSSR count). The highest BCUT2D eigenvalue weighted by atomic mass is 35.5. The van der Waals surface area contributed by atoms with Gasteiger partial charge in [0.25, 0.3) is 11.5 Å². The van der Waals surface area contributed by atoms with Crippen molar-refractivity contribution in [2.24, 2.45) is 0 Å². The zero-order valence-corrected chi connectivity index (χ0v) is 16.8. The smallest absolute Gasteiger partial charge is 0.422 e. The van der Waals surface area contributed by atoms with Gasteiger partial charge < -0.3 is 14.6 Å². The van der Waals surface area contributed by atoms with E-state index in [-0.39, 0.29) is 30.1 Å². The van der Waals surface area contributed by atoms with Crippen LogP contribution in [0.3, 0.4) is 0 Å². The molecule has 0 atom stereocenters. The van der Waals surface area contributed by atoms with Crippen molar-refractivity contribution in [2.45, 2.75) is 19.3 Å². The molecule has 1 N–H and O–H groups in total. The van der Waals surface area contributed by atoms with Gasteiger partial charge in [0.1, 0.15) is 0 Å². The minimum atomic E-state index is -4.45. The molecule has 0 radical (unpaired) electrons. The van der Waals surface area contributed by atoms with Crippen LogP contribution < -0.4 is 15.6 Å². The lowest BCUT2D eigenvalue weighted by atomic mass is 10.2. The summed E-state index contributed by atoms with van der Waals surface area (Å²) < 4.78 is 42.4. The lowest BCUT2D eigenvalue weighted by Crippen LogP contribution is -2.26. The zero-order valence-electron chi connectivity index (χ0n) is 16.0. The van der Waals surface area contributed by atoms with Crippen molar-refractivity contribution in [1.82, 2.24) is 14.9 Å². The van der Waals surface area contributed by atoms with Gasteiger partial charge in [-0.25, -0.2) is 4.98 Å². The number of hydrogen-bond acceptors (Lipinski definition) is 4. The van der Waals surface area contributed by atoms with Gasteiger partial charge in [-0.3, -0.25) is 9.59 Å². The van der Waals surface area contributed by atoms with E-state index in [1.165, 1.54) is 41.2 Å². The number of carbonyl (C=O) groups is 1. The van der Waals surface area contributed by atoms with Crippen LogP contribution in [0.15, 0.2) is 65.7 Å². The Morgan fingerprint density at radius 1 is 1.13 bits per heavy atom. The molecule has 31 heavy (non-hydrogen) atoms. The predicted molar refractivity (Wildman–Crippen MR) is 108 cm³/mol. The van der Waals surface area contributed by atoms with Crippen molar-refractivity contribution >= 4 is 17.5 Å². The first-order valence-electron chi connectivity index (χ1n) is 9.08. The molecule has 10 heteroatoms. The van der Waals surface area contributed by atoms with Gasteiger partial charge >= 0.3 is 6.18 Å². The maximum absolute atomic E-state index is 12.5. The topological polar surface area (TPSA) is 73.2 Å². The SMILES string of the molecule is O=C(NCc1ccc(OCC(F)(F)F)nc1)c1ccc(=O)n(Cc2ccccc2Cl)c1. The van der Waals surface area contributed by atoms with Gasteiger partial charge in [0.05, 0.1) is 12.1 Å². The molecular formula is C21H17ClF3N3O3. The number of nitrogens with zero attached hydrogens (tertiary/aromatic N) is 2. The van der Waals surface area contributed by atoms with E-state index in [4.69, 9.17) is 11.6 Å². The van der Waals surface area contributed by atoms with Gasteiger partial charge in [-0.05, 0) is 23.3 Å². The van der Waals surface area contributed by atoms with Gasteiger partial charge in [0, 0.05) is 36.1 Å². The number of nitrogens with one attached hydrogen (secondary N) is 1. The highest BCUT2D eigenvalue weighted by Crippen LogP contribution is 2.17. The molecule has 0 saturated heterocycles. The number of hydrogen-bond donors (Lipinski definition) is 1. The van der Waals surface area contributed by atoms with Crippen molar-refractivity contribution in [1.29, 1.82) is 0 Å². The third-order valence-corrected chi connectivity index (χ3v) is 4.55. The summed E-state index contributed by atoms with van der Waals surface area (Å²) in [5.74, 6) is -0.593. The van der Waals surface area contributed by atoms with E-state index in [0.717, 1.165) is 5.56 Å². The van der Waals surface area contributed by atoms with Crippen LogP contribution in [-0.4, -0.2) is 28.2 Å². The Bertz CT molecular complexity index is 1120. The van der Waals surface area contributed by atoms with Crippen molar-refractivity contribution < 1.29 is 22.7 Å². The molecule has 0 bridgehead atoms. The second-order valence-electron chi connectivity index (χ2n) is 6.57. The minimum Gasteiger partial charge on any atom is -0.468 e. The monoisotopic (exact) mass is 451 g/mol. The largest absolute Gasteiger partial charge is 0.468 e. The number of pyridine rings is 2. The van der Waals surface area contributed by atoms with E-state index in [0.29, 0.717) is 10.6 Å². The van der Waals surface area contributed by atoms with Crippen molar-refractivity contribution in [3.63, 3.8) is 0 Å². The lowest BCUT2D eigenvalue weighted by molar-refractivity contribution is -0.154. The third-order valence-electron chi connectivity index (χ3n) is 4.18. The van der Waals surface area contributed by atoms with Crippen LogP contribution >= 0.6 is 11.6 Å². The molecule has 6 nitrogen and oxygen atoms in total. The quantitative estimate of drug-likeness (QED) is 0.593. The van der Waals surface area contributed by atoms with E-state index < -0.39 is 18.7 Å². The van der Waals surface area contributed by atoms with Crippen LogP contribution in [0.1, 0.15) is 21.5 Å². The summed E-state index contributed by atoms with van der Waals surface area (Å²) in [4.78, 5) is 28.4. The van der Waals surface area contributed by atoms with Gasteiger partial charge in [-0.1, -0.05) is 35.9 Å². The Kier molecular flexibility index (Phi) is 6.96. The average Bonchev–Trinajstić information content (AvgIpc) is 2.74. The zero-order chi connectivity index (χ0) is 22.4. The van der Waals surface area contributed by atoms with E-state index in [9.17, 15) is 22.8 Å². The summed E-state index contributed by atoms with van der Waals surface area (Å²) in [6, 6.07) is 12.6. The first kappa shape index (κ1) is 22.4. The molecule has 0 unspecified atom stereocenters. The minimum absolute atomic E-state index is 0.0923. The van der Waals surface area contributed by atoms with Gasteiger partial charge in [0.15, 0.2) is 6.61 Å². The standard InChI is InChI=1S/C21H17ClF3N3O3/c22-17-4-2-1-3-15(17)11-28-12-16(6-8-19(28)29)20(30)27-10-14-5-7-18(26-9-14)31-13-21(23,24)25/h1-9,12H,10-11,13H2,(H,27,30). The molecule has 0 fully saturated rings. The number of alkyl halides is 3. The van der Waals surface area contributed by atoms with Crippen LogP contribution in [-0.2, 0) is 13.1 Å². The van der Waals surface area contributed by atoms with E-state index in [1.54, 1.807) is 24.3 Å². The first-order chi connectivity index (χ1) is 14.7. The molecule has 3 aromatic rings. The molecule has 1 amide bonds. The van der Waals surface area contributed by atoms with Crippen molar-refractivity contribution in [3.05, 3.63) is 93.0 Å². The molecule has 0 spiro atoms. The molecule has 2 heterocycles. The first-order valence-corrected chi connectivity index (χ1v) is 9.46. The lowest BCUT2D eigenvalue weighted by Gasteiger charge is -2.11. The normalized spacial score (nSPS) is 11.2. The van der Waals surface area contributed by atoms with Crippen LogP contribution in [0.2, 0.25) is 5.02 Å². The summed E-state index contributed by atoms with van der Waals surface area (Å²) in [6.45, 7) is -1.13. The summed E-state index contributed by atoms with van der Waals surface area (Å²) in [6.07, 6.45) is -1.70. The molecule has 0 aliphatic heterocycles. The van der Waals surface area contributed by atoms with Crippen LogP contribution in [0.4, 0.5) is 13.2 Å². The average molecular weight is 452 g/mol. The number of halogens is 4. The maximum Gasteiger partial charge on any atom is 0.422 e.